The summed E-state index contributed by atoms with van der Waals surface area (Å²) >= 11 is 11.6. The van der Waals surface area contributed by atoms with E-state index in [1.807, 2.05) is 4.98 Å². The standard InChI is InChI=1S/C23H29ClN3O9PS/c1-5-18(29)19(35-21(12-28)27-11-10-20(30)25-23(27)32)13-33-37(38,26-15(4)22(31)34-14(2)3)36-17-8-6-16(24)7-9-17/h1,6-11,14-15,18-19,21,28-29H,12-13H2,2-4H3,(H,26,38)(H,25,30,32)/t15?,18-,19?,21?,37?/m0/s1. The predicted octanol–water partition coefficient (Wildman–Crippen LogP) is 1.31. The molecule has 0 amide bonds. The highest BCUT2D eigenvalue weighted by atomic mass is 35.5. The van der Waals surface area contributed by atoms with Crippen molar-refractivity contribution in [1.82, 2.24) is 14.6 Å². The van der Waals surface area contributed by atoms with E-state index in [-0.39, 0.29) is 11.9 Å². The van der Waals surface area contributed by atoms with Crippen LogP contribution >= 0.6 is 18.2 Å². The van der Waals surface area contributed by atoms with Crippen molar-refractivity contribution in [2.75, 3.05) is 13.2 Å². The highest BCUT2D eigenvalue weighted by Crippen LogP contribution is 2.46. The van der Waals surface area contributed by atoms with E-state index in [0.717, 1.165) is 16.8 Å². The van der Waals surface area contributed by atoms with Crippen LogP contribution in [0.2, 0.25) is 5.02 Å². The molecule has 0 aliphatic rings. The minimum absolute atomic E-state index is 0.276. The molecule has 0 radical (unpaired) electrons. The molecule has 4 unspecified atom stereocenters. The summed E-state index contributed by atoms with van der Waals surface area (Å²) in [5.41, 5.74) is -1.51. The topological polar surface area (TPSA) is 161 Å². The SMILES string of the molecule is C#C[C@H](O)C(COP(=S)(NC(C)C(=O)OC(C)C)Oc1ccc(Cl)cc1)OC(CO)n1ccc(=O)[nH]c1=O. The van der Waals surface area contributed by atoms with E-state index < -0.39 is 61.6 Å². The van der Waals surface area contributed by atoms with Crippen molar-refractivity contribution in [3.8, 4) is 18.1 Å². The minimum atomic E-state index is -3.55. The molecule has 15 heteroatoms. The number of hydrogen-bond donors (Lipinski definition) is 4. The van der Waals surface area contributed by atoms with Gasteiger partial charge in [-0.05, 0) is 56.8 Å². The van der Waals surface area contributed by atoms with Gasteiger partial charge in [-0.25, -0.2) is 9.88 Å². The lowest BCUT2D eigenvalue weighted by molar-refractivity contribution is -0.149. The monoisotopic (exact) mass is 589 g/mol. The Hall–Kier alpha value is -2.53. The van der Waals surface area contributed by atoms with Crippen molar-refractivity contribution < 1.29 is 33.5 Å². The summed E-state index contributed by atoms with van der Waals surface area (Å²) in [6.45, 7) is 0.138. The number of rotatable bonds is 14. The first-order valence-corrected chi connectivity index (χ1v) is 14.3. The number of aromatic amines is 1. The third kappa shape index (κ3) is 9.65. The van der Waals surface area contributed by atoms with Crippen LogP contribution < -0.4 is 20.9 Å². The van der Waals surface area contributed by atoms with Crippen molar-refractivity contribution in [1.29, 1.82) is 0 Å². The molecule has 38 heavy (non-hydrogen) atoms. The molecule has 0 aliphatic heterocycles. The summed E-state index contributed by atoms with van der Waals surface area (Å²) in [5, 5.41) is 23.5. The number of H-pyrrole nitrogens is 1. The molecule has 1 aromatic carbocycles. The Balaban J connectivity index is 2.30. The number of nitrogens with one attached hydrogen (secondary N) is 2. The maximum Gasteiger partial charge on any atom is 0.330 e. The lowest BCUT2D eigenvalue weighted by Crippen LogP contribution is -2.41. The van der Waals surface area contributed by atoms with Crippen molar-refractivity contribution in [3.05, 3.63) is 62.4 Å². The molecule has 0 bridgehead atoms. The molecule has 0 aliphatic carbocycles. The van der Waals surface area contributed by atoms with Crippen LogP contribution in [0.1, 0.15) is 27.0 Å². The number of aliphatic hydroxyl groups excluding tert-OH is 2. The number of aromatic nitrogens is 2. The zero-order valence-corrected chi connectivity index (χ0v) is 23.2. The van der Waals surface area contributed by atoms with Gasteiger partial charge in [0.15, 0.2) is 6.23 Å². The first kappa shape index (κ1) is 31.7. The highest BCUT2D eigenvalue weighted by molar-refractivity contribution is 8.09. The lowest BCUT2D eigenvalue weighted by Gasteiger charge is -2.30. The van der Waals surface area contributed by atoms with Crippen LogP contribution in [-0.4, -0.2) is 63.3 Å². The Morgan fingerprint density at radius 2 is 1.92 bits per heavy atom. The molecule has 2 aromatic rings. The molecule has 208 valence electrons. The number of terminal acetylenes is 1. The van der Waals surface area contributed by atoms with Gasteiger partial charge < -0.3 is 28.7 Å². The molecule has 2 rings (SSSR count). The van der Waals surface area contributed by atoms with Crippen LogP contribution in [0.4, 0.5) is 0 Å². The Kier molecular flexibility index (Phi) is 12.2. The molecule has 0 spiro atoms. The van der Waals surface area contributed by atoms with Crippen LogP contribution in [-0.2, 0) is 30.6 Å². The van der Waals surface area contributed by atoms with Crippen LogP contribution in [0.3, 0.4) is 0 Å². The normalized spacial score (nSPS) is 16.1. The Labute approximate surface area is 229 Å². The molecular weight excluding hydrogens is 561 g/mol. The van der Waals surface area contributed by atoms with Crippen molar-refractivity contribution >= 4 is 36.0 Å². The van der Waals surface area contributed by atoms with Gasteiger partial charge in [0.2, 0.25) is 0 Å². The van der Waals surface area contributed by atoms with E-state index >= 15 is 0 Å². The minimum Gasteiger partial charge on any atom is -0.462 e. The van der Waals surface area contributed by atoms with E-state index in [0.29, 0.717) is 5.02 Å². The van der Waals surface area contributed by atoms with Gasteiger partial charge in [0, 0.05) is 17.3 Å². The van der Waals surface area contributed by atoms with Gasteiger partial charge in [-0.15, -0.1) is 6.42 Å². The summed E-state index contributed by atoms with van der Waals surface area (Å²) in [6, 6.07) is 6.32. The van der Waals surface area contributed by atoms with Gasteiger partial charge in [-0.2, -0.15) is 0 Å². The predicted molar refractivity (Wildman–Crippen MR) is 143 cm³/mol. The molecule has 5 atom stereocenters. The zero-order chi connectivity index (χ0) is 28.5. The van der Waals surface area contributed by atoms with E-state index in [1.165, 1.54) is 6.92 Å². The van der Waals surface area contributed by atoms with Crippen LogP contribution in [0.25, 0.3) is 0 Å². The first-order valence-electron chi connectivity index (χ1n) is 11.3. The Morgan fingerprint density at radius 3 is 2.47 bits per heavy atom. The fraction of sp³-hybridized carbons (Fsp3) is 0.435. The van der Waals surface area contributed by atoms with Crippen molar-refractivity contribution in [2.45, 2.75) is 51.4 Å². The number of carbonyl (C=O) groups excluding carboxylic acids is 1. The maximum absolute atomic E-state index is 12.4. The maximum atomic E-state index is 12.4. The van der Waals surface area contributed by atoms with E-state index in [4.69, 9.17) is 48.4 Å². The summed E-state index contributed by atoms with van der Waals surface area (Å²) in [6.07, 6.45) is 1.86. The van der Waals surface area contributed by atoms with Crippen molar-refractivity contribution in [2.24, 2.45) is 0 Å². The summed E-state index contributed by atoms with van der Waals surface area (Å²) < 4.78 is 23.5. The van der Waals surface area contributed by atoms with Crippen LogP contribution in [0.5, 0.6) is 5.75 Å². The second-order valence-electron chi connectivity index (χ2n) is 8.12. The lowest BCUT2D eigenvalue weighted by atomic mass is 10.2. The number of esters is 1. The number of carbonyl (C=O) groups is 1. The zero-order valence-electron chi connectivity index (χ0n) is 20.8. The summed E-state index contributed by atoms with van der Waals surface area (Å²) in [7, 11) is 0. The second kappa shape index (κ2) is 14.6. The molecule has 12 nitrogen and oxygen atoms in total. The summed E-state index contributed by atoms with van der Waals surface area (Å²) in [4.78, 5) is 38.0. The fourth-order valence-corrected chi connectivity index (χ4v) is 5.43. The number of halogens is 1. The largest absolute Gasteiger partial charge is 0.462 e. The smallest absolute Gasteiger partial charge is 0.330 e. The fourth-order valence-electron chi connectivity index (χ4n) is 2.88. The molecule has 4 N–H and O–H groups in total. The third-order valence-corrected chi connectivity index (χ3v) is 7.43. The average Bonchev–Trinajstić information content (AvgIpc) is 2.85. The van der Waals surface area contributed by atoms with Gasteiger partial charge in [-0.1, -0.05) is 17.5 Å². The van der Waals surface area contributed by atoms with Gasteiger partial charge >= 0.3 is 18.3 Å². The number of hydrogen-bond acceptors (Lipinski definition) is 10. The van der Waals surface area contributed by atoms with Crippen molar-refractivity contribution in [3.63, 3.8) is 0 Å². The number of aliphatic hydroxyl groups is 2. The molecule has 1 aromatic heterocycles. The number of benzene rings is 1. The van der Waals surface area contributed by atoms with E-state index in [9.17, 15) is 24.6 Å². The molecule has 1 heterocycles. The first-order chi connectivity index (χ1) is 17.9. The third-order valence-electron chi connectivity index (χ3n) is 4.68. The quantitative estimate of drug-likeness (QED) is 0.143. The van der Waals surface area contributed by atoms with Gasteiger partial charge in [0.1, 0.15) is 24.0 Å². The average molecular weight is 590 g/mol. The van der Waals surface area contributed by atoms with Crippen LogP contribution in [0, 0.1) is 12.3 Å². The molecule has 0 saturated heterocycles. The number of ether oxygens (including phenoxy) is 2. The van der Waals surface area contributed by atoms with Gasteiger partial charge in [0.05, 0.1) is 19.3 Å². The second-order valence-corrected chi connectivity index (χ2v) is 11.7. The Bertz CT molecular complexity index is 1280. The molecule has 0 fully saturated rings. The van der Waals surface area contributed by atoms with E-state index in [1.54, 1.807) is 38.1 Å². The van der Waals surface area contributed by atoms with Crippen LogP contribution in [0.15, 0.2) is 46.1 Å². The molecule has 0 saturated carbocycles. The Morgan fingerprint density at radius 1 is 1.26 bits per heavy atom. The van der Waals surface area contributed by atoms with E-state index in [2.05, 4.69) is 11.0 Å². The highest BCUT2D eigenvalue weighted by Gasteiger charge is 2.32. The number of nitrogens with zero attached hydrogens (tertiary/aromatic N) is 1. The van der Waals surface area contributed by atoms with Gasteiger partial charge in [0.25, 0.3) is 5.56 Å². The molecular formula is C23H29ClN3O9PS. The summed E-state index contributed by atoms with van der Waals surface area (Å²) in [5.74, 6) is 1.77. The van der Waals surface area contributed by atoms with Gasteiger partial charge in [-0.3, -0.25) is 19.1 Å².